The van der Waals surface area contributed by atoms with Gasteiger partial charge in [0.1, 0.15) is 10.4 Å². The van der Waals surface area contributed by atoms with Crippen molar-refractivity contribution in [2.24, 2.45) is 0 Å². The molecule has 0 aliphatic rings. The van der Waals surface area contributed by atoms with Crippen molar-refractivity contribution in [3.63, 3.8) is 0 Å². The molecule has 62 valence electrons. The van der Waals surface area contributed by atoms with Crippen LogP contribution in [0.25, 0.3) is 5.71 Å². The van der Waals surface area contributed by atoms with Gasteiger partial charge in [-0.15, -0.1) is 12.6 Å². The first kappa shape index (κ1) is 7.82. The third-order valence-corrected chi connectivity index (χ3v) is 2.10. The van der Waals surface area contributed by atoms with E-state index in [1.165, 1.54) is 0 Å². The molecule has 0 aromatic carbocycles. The van der Waals surface area contributed by atoms with E-state index >= 15 is 0 Å². The minimum absolute atomic E-state index is 0.600. The summed E-state index contributed by atoms with van der Waals surface area (Å²) in [6.45, 7) is 1.84. The Morgan fingerprint density at radius 3 is 3.17 bits per heavy atom. The quantitative estimate of drug-likeness (QED) is 0.520. The van der Waals surface area contributed by atoms with Crippen molar-refractivity contribution in [2.45, 2.75) is 11.8 Å². The smallest absolute Gasteiger partial charge is 0.236 e. The average molecular weight is 198 g/mol. The number of hydrogen-bond donors (Lipinski definition) is 1. The lowest BCUT2D eigenvalue weighted by Gasteiger charge is -1.95. The van der Waals surface area contributed by atoms with Gasteiger partial charge in [-0.1, -0.05) is 12.2 Å². The van der Waals surface area contributed by atoms with Crippen LogP contribution < -0.4 is 0 Å². The molecule has 0 saturated carbocycles. The van der Waals surface area contributed by atoms with Crippen molar-refractivity contribution >= 4 is 30.6 Å². The predicted octanol–water partition coefficient (Wildman–Crippen LogP) is 2.25. The van der Waals surface area contributed by atoms with Crippen molar-refractivity contribution in [3.05, 3.63) is 22.7 Å². The Kier molecular flexibility index (Phi) is 1.69. The summed E-state index contributed by atoms with van der Waals surface area (Å²) in [5.74, 6) is 0.767. The Balaban J connectivity index is 3.03. The maximum Gasteiger partial charge on any atom is 0.236 e. The van der Waals surface area contributed by atoms with Crippen LogP contribution in [-0.2, 0) is 0 Å². The number of nitrogens with zero attached hydrogens (tertiary/aromatic N) is 2. The molecule has 0 saturated heterocycles. The van der Waals surface area contributed by atoms with E-state index in [0.717, 1.165) is 5.76 Å². The van der Waals surface area contributed by atoms with E-state index < -0.39 is 0 Å². The molecule has 12 heavy (non-hydrogen) atoms. The van der Waals surface area contributed by atoms with E-state index in [1.54, 1.807) is 16.8 Å². The van der Waals surface area contributed by atoms with Gasteiger partial charge in [-0.3, -0.25) is 0 Å². The molecule has 2 aromatic heterocycles. The van der Waals surface area contributed by atoms with Crippen LogP contribution >= 0.6 is 24.8 Å². The fraction of sp³-hybridized carbons (Fsp3) is 0.143. The second kappa shape index (κ2) is 2.60. The molecule has 0 spiro atoms. The number of rotatable bonds is 0. The summed E-state index contributed by atoms with van der Waals surface area (Å²) in [7, 11) is 0. The average Bonchev–Trinajstić information content (AvgIpc) is 2.33. The van der Waals surface area contributed by atoms with Crippen molar-refractivity contribution in [3.8, 4) is 0 Å². The van der Waals surface area contributed by atoms with Crippen molar-refractivity contribution in [2.75, 3.05) is 0 Å². The first-order valence-corrected chi connectivity index (χ1v) is 4.21. The number of hydrogen-bond acceptors (Lipinski definition) is 4. The molecule has 0 N–H and O–H groups in total. The molecule has 0 unspecified atom stereocenters. The minimum Gasteiger partial charge on any atom is -0.442 e. The fourth-order valence-corrected chi connectivity index (χ4v) is 1.49. The molecule has 5 heteroatoms. The zero-order chi connectivity index (χ0) is 8.72. The van der Waals surface area contributed by atoms with Gasteiger partial charge in [0.25, 0.3) is 0 Å². The molecular weight excluding hydrogens is 192 g/mol. The van der Waals surface area contributed by atoms with E-state index in [0.29, 0.717) is 15.2 Å². The Bertz CT molecular complexity index is 486. The lowest BCUT2D eigenvalue weighted by molar-refractivity contribution is 0.527. The Labute approximate surface area is 79.4 Å². The highest BCUT2D eigenvalue weighted by Crippen LogP contribution is 2.16. The third-order valence-electron chi connectivity index (χ3n) is 1.50. The van der Waals surface area contributed by atoms with E-state index in [4.69, 9.17) is 16.6 Å². The van der Waals surface area contributed by atoms with Gasteiger partial charge < -0.3 is 4.42 Å². The largest absolute Gasteiger partial charge is 0.442 e. The van der Waals surface area contributed by atoms with E-state index in [9.17, 15) is 0 Å². The SMILES string of the molecule is Cc1cc(=S)n2ncc(S)c2o1. The zero-order valence-electron chi connectivity index (χ0n) is 6.31. The Morgan fingerprint density at radius 1 is 1.67 bits per heavy atom. The molecule has 0 aliphatic heterocycles. The number of fused-ring (bicyclic) bond motifs is 1. The highest BCUT2D eigenvalue weighted by atomic mass is 32.1. The van der Waals surface area contributed by atoms with E-state index in [1.807, 2.05) is 6.92 Å². The number of aromatic nitrogens is 2. The zero-order valence-corrected chi connectivity index (χ0v) is 8.02. The first-order chi connectivity index (χ1) is 5.68. The predicted molar refractivity (Wildman–Crippen MR) is 50.3 cm³/mol. The normalized spacial score (nSPS) is 10.8. The van der Waals surface area contributed by atoms with Crippen LogP contribution in [0, 0.1) is 11.6 Å². The van der Waals surface area contributed by atoms with Gasteiger partial charge in [-0.2, -0.15) is 9.61 Å². The molecule has 0 fully saturated rings. The number of thiol groups is 1. The van der Waals surface area contributed by atoms with Crippen molar-refractivity contribution in [1.82, 2.24) is 9.61 Å². The molecule has 0 bridgehead atoms. The second-order valence-electron chi connectivity index (χ2n) is 2.44. The summed E-state index contributed by atoms with van der Waals surface area (Å²) >= 11 is 9.23. The van der Waals surface area contributed by atoms with Crippen LogP contribution in [0.2, 0.25) is 0 Å². The first-order valence-electron chi connectivity index (χ1n) is 3.36. The summed E-state index contributed by atoms with van der Waals surface area (Å²) < 4.78 is 7.55. The maximum absolute atomic E-state index is 5.37. The Hall–Kier alpha value is -0.810. The van der Waals surface area contributed by atoms with Crippen LogP contribution in [0.5, 0.6) is 0 Å². The second-order valence-corrected chi connectivity index (χ2v) is 3.34. The highest BCUT2D eigenvalue weighted by Gasteiger charge is 2.03. The van der Waals surface area contributed by atoms with Crippen LogP contribution in [0.15, 0.2) is 21.6 Å². The van der Waals surface area contributed by atoms with Crippen molar-refractivity contribution in [1.29, 1.82) is 0 Å². The lowest BCUT2D eigenvalue weighted by atomic mass is 10.5. The van der Waals surface area contributed by atoms with E-state index in [-0.39, 0.29) is 0 Å². The van der Waals surface area contributed by atoms with Gasteiger partial charge in [0.05, 0.1) is 11.1 Å². The minimum atomic E-state index is 0.600. The van der Waals surface area contributed by atoms with Crippen molar-refractivity contribution < 1.29 is 4.42 Å². The standard InChI is InChI=1S/C7H6N2OS2/c1-4-2-6(12)9-7(10-4)5(11)3-8-9/h2-3,11H,1H3. The molecule has 0 atom stereocenters. The van der Waals surface area contributed by atoms with Crippen LogP contribution in [0.3, 0.4) is 0 Å². The molecule has 2 heterocycles. The van der Waals surface area contributed by atoms with E-state index in [2.05, 4.69) is 17.7 Å². The Morgan fingerprint density at radius 2 is 2.42 bits per heavy atom. The summed E-state index contributed by atoms with van der Waals surface area (Å²) in [5.41, 5.74) is 0.600. The summed E-state index contributed by atoms with van der Waals surface area (Å²) in [5, 5.41) is 4.00. The van der Waals surface area contributed by atoms with Gasteiger partial charge in [-0.05, 0) is 6.92 Å². The monoisotopic (exact) mass is 198 g/mol. The maximum atomic E-state index is 5.37. The van der Waals surface area contributed by atoms with Gasteiger partial charge in [0, 0.05) is 6.07 Å². The van der Waals surface area contributed by atoms with Crippen LogP contribution in [0.1, 0.15) is 5.76 Å². The molecule has 0 radical (unpaired) electrons. The van der Waals surface area contributed by atoms with Gasteiger partial charge >= 0.3 is 0 Å². The van der Waals surface area contributed by atoms with Crippen LogP contribution in [-0.4, -0.2) is 9.61 Å². The summed E-state index contributed by atoms with van der Waals surface area (Å²) in [6, 6.07) is 1.75. The molecule has 0 amide bonds. The third kappa shape index (κ3) is 1.05. The van der Waals surface area contributed by atoms with Crippen LogP contribution in [0.4, 0.5) is 0 Å². The summed E-state index contributed by atoms with van der Waals surface area (Å²) in [4.78, 5) is 0.699. The topological polar surface area (TPSA) is 30.4 Å². The highest BCUT2D eigenvalue weighted by molar-refractivity contribution is 7.80. The molecule has 3 nitrogen and oxygen atoms in total. The van der Waals surface area contributed by atoms with Gasteiger partial charge in [0.15, 0.2) is 0 Å². The van der Waals surface area contributed by atoms with Gasteiger partial charge in [-0.25, -0.2) is 0 Å². The molecule has 0 aliphatic carbocycles. The summed E-state index contributed by atoms with van der Waals surface area (Å²) in [6.07, 6.45) is 1.61. The molecular formula is C7H6N2OS2. The van der Waals surface area contributed by atoms with Gasteiger partial charge in [0.2, 0.25) is 5.71 Å². The molecule has 2 aromatic rings. The molecule has 2 rings (SSSR count). The fourth-order valence-electron chi connectivity index (χ4n) is 0.998. The lowest BCUT2D eigenvalue weighted by Crippen LogP contribution is -1.88. The number of aryl methyl sites for hydroxylation is 1.